The van der Waals surface area contributed by atoms with E-state index in [1.54, 1.807) is 48.5 Å². The molecule has 1 heterocycles. The van der Waals surface area contributed by atoms with Crippen molar-refractivity contribution in [2.45, 2.75) is 12.5 Å². The summed E-state index contributed by atoms with van der Waals surface area (Å²) in [4.78, 5) is 25.7. The van der Waals surface area contributed by atoms with Gasteiger partial charge in [-0.2, -0.15) is 0 Å². The van der Waals surface area contributed by atoms with Crippen molar-refractivity contribution in [2.75, 3.05) is 9.96 Å². The first kappa shape index (κ1) is 13.3. The molecule has 1 N–H and O–H groups in total. The van der Waals surface area contributed by atoms with Gasteiger partial charge < -0.3 is 0 Å². The van der Waals surface area contributed by atoms with Gasteiger partial charge in [0, 0.05) is 0 Å². The van der Waals surface area contributed by atoms with Gasteiger partial charge in [-0.05, 0) is 24.3 Å². The molecule has 1 atom stereocenters. The first-order valence-corrected chi connectivity index (χ1v) is 6.63. The lowest BCUT2D eigenvalue weighted by Gasteiger charge is -2.22. The van der Waals surface area contributed by atoms with Crippen molar-refractivity contribution < 1.29 is 14.8 Å². The van der Waals surface area contributed by atoms with Crippen molar-refractivity contribution in [3.8, 4) is 0 Å². The molecule has 0 radical (unpaired) electrons. The Balaban J connectivity index is 1.87. The van der Waals surface area contributed by atoms with E-state index in [4.69, 9.17) is 0 Å². The van der Waals surface area contributed by atoms with Crippen LogP contribution in [-0.4, -0.2) is 23.1 Å². The molecular weight excluding hydrogens is 268 g/mol. The molecule has 5 nitrogen and oxygen atoms in total. The monoisotopic (exact) mass is 282 g/mol. The maximum absolute atomic E-state index is 12.4. The van der Waals surface area contributed by atoms with Gasteiger partial charge in [0.1, 0.15) is 6.04 Å². The van der Waals surface area contributed by atoms with Gasteiger partial charge >= 0.3 is 0 Å². The summed E-state index contributed by atoms with van der Waals surface area (Å²) in [6.07, 6.45) is -0.0425. The fraction of sp³-hybridized carbons (Fsp3) is 0.125. The molecule has 1 aliphatic heterocycles. The number of imide groups is 1. The number of hydroxylamine groups is 1. The molecule has 1 saturated heterocycles. The highest BCUT2D eigenvalue weighted by molar-refractivity contribution is 6.23. The van der Waals surface area contributed by atoms with Gasteiger partial charge in [-0.1, -0.05) is 36.4 Å². The number of nitrogens with zero attached hydrogens (tertiary/aromatic N) is 2. The Hall–Kier alpha value is -2.66. The third kappa shape index (κ3) is 2.39. The van der Waals surface area contributed by atoms with E-state index in [2.05, 4.69) is 0 Å². The zero-order valence-electron chi connectivity index (χ0n) is 11.2. The van der Waals surface area contributed by atoms with Crippen LogP contribution in [0.15, 0.2) is 60.7 Å². The third-order valence-corrected chi connectivity index (χ3v) is 3.45. The van der Waals surface area contributed by atoms with Crippen molar-refractivity contribution in [3.63, 3.8) is 0 Å². The Bertz CT molecular complexity index is 658. The minimum absolute atomic E-state index is 0.0425. The zero-order valence-corrected chi connectivity index (χ0v) is 11.2. The molecule has 0 spiro atoms. The molecule has 1 fully saturated rings. The predicted molar refractivity (Wildman–Crippen MR) is 78.0 cm³/mol. The van der Waals surface area contributed by atoms with Crippen molar-refractivity contribution in [2.24, 2.45) is 0 Å². The molecule has 2 amide bonds. The smallest absolute Gasteiger partial charge is 0.259 e. The van der Waals surface area contributed by atoms with Gasteiger partial charge in [0.05, 0.1) is 17.8 Å². The van der Waals surface area contributed by atoms with E-state index in [1.807, 2.05) is 12.1 Å². The van der Waals surface area contributed by atoms with Crippen LogP contribution in [0.5, 0.6) is 0 Å². The Morgan fingerprint density at radius 2 is 1.52 bits per heavy atom. The van der Waals surface area contributed by atoms with E-state index in [0.29, 0.717) is 11.4 Å². The number of para-hydroxylation sites is 2. The molecule has 5 heteroatoms. The number of hydrogen-bond acceptors (Lipinski definition) is 4. The zero-order chi connectivity index (χ0) is 14.8. The number of hydrogen-bond donors (Lipinski definition) is 1. The second-order valence-electron chi connectivity index (χ2n) is 4.80. The summed E-state index contributed by atoms with van der Waals surface area (Å²) in [6.45, 7) is 0. The normalized spacial score (nSPS) is 18.1. The molecule has 2 aromatic carbocycles. The lowest BCUT2D eigenvalue weighted by Crippen LogP contribution is -2.40. The van der Waals surface area contributed by atoms with Crippen molar-refractivity contribution in [3.05, 3.63) is 60.7 Å². The molecule has 0 aliphatic carbocycles. The maximum atomic E-state index is 12.4. The maximum Gasteiger partial charge on any atom is 0.259 e. The second kappa shape index (κ2) is 5.38. The fourth-order valence-corrected chi connectivity index (χ4v) is 2.42. The summed E-state index contributed by atoms with van der Waals surface area (Å²) in [5.74, 6) is -0.733. The highest BCUT2D eigenvalue weighted by Gasteiger charge is 2.42. The molecule has 0 saturated carbocycles. The van der Waals surface area contributed by atoms with E-state index in [1.165, 1.54) is 0 Å². The molecule has 2 aromatic rings. The van der Waals surface area contributed by atoms with E-state index in [-0.39, 0.29) is 12.3 Å². The molecule has 3 rings (SSSR count). The van der Waals surface area contributed by atoms with E-state index in [9.17, 15) is 14.8 Å². The molecule has 21 heavy (non-hydrogen) atoms. The van der Waals surface area contributed by atoms with Gasteiger partial charge in [-0.15, -0.1) is 0 Å². The van der Waals surface area contributed by atoms with Gasteiger partial charge in [-0.3, -0.25) is 14.8 Å². The van der Waals surface area contributed by atoms with Crippen molar-refractivity contribution >= 4 is 23.2 Å². The van der Waals surface area contributed by atoms with Gasteiger partial charge in [0.25, 0.3) is 5.91 Å². The minimum Gasteiger partial charge on any atom is -0.288 e. The average molecular weight is 282 g/mol. The Kier molecular flexibility index (Phi) is 3.41. The topological polar surface area (TPSA) is 60.9 Å². The lowest BCUT2D eigenvalue weighted by atomic mass is 10.2. The van der Waals surface area contributed by atoms with Crippen molar-refractivity contribution in [1.29, 1.82) is 0 Å². The van der Waals surface area contributed by atoms with Crippen LogP contribution in [0.2, 0.25) is 0 Å². The number of anilines is 2. The van der Waals surface area contributed by atoms with Crippen molar-refractivity contribution in [1.82, 2.24) is 0 Å². The first-order valence-electron chi connectivity index (χ1n) is 6.63. The number of amides is 2. The standard InChI is InChI=1S/C16H14N2O3/c19-15-11-14(18(21)13-9-5-2-6-10-13)16(20)17(15)12-7-3-1-4-8-12/h1-10,14,21H,11H2/t14-/m0/s1. The summed E-state index contributed by atoms with van der Waals surface area (Å²) >= 11 is 0. The van der Waals surface area contributed by atoms with Crippen LogP contribution in [0.1, 0.15) is 6.42 Å². The SMILES string of the molecule is O=C1C[C@H](N(O)c2ccccc2)C(=O)N1c1ccccc1. The van der Waals surface area contributed by atoms with Gasteiger partial charge in [0.15, 0.2) is 0 Å². The Labute approximate surface area is 122 Å². The van der Waals surface area contributed by atoms with E-state index in [0.717, 1.165) is 9.96 Å². The molecule has 1 aliphatic rings. The summed E-state index contributed by atoms with van der Waals surface area (Å²) in [6, 6.07) is 16.5. The van der Waals surface area contributed by atoms with Gasteiger partial charge in [-0.25, -0.2) is 9.96 Å². The van der Waals surface area contributed by atoms with Crippen LogP contribution < -0.4 is 9.96 Å². The van der Waals surface area contributed by atoms with Crippen LogP contribution in [0.25, 0.3) is 0 Å². The minimum atomic E-state index is -0.889. The van der Waals surface area contributed by atoms with Crippen LogP contribution in [0, 0.1) is 0 Å². The molecule has 106 valence electrons. The summed E-state index contributed by atoms with van der Waals surface area (Å²) in [7, 11) is 0. The third-order valence-electron chi connectivity index (χ3n) is 3.45. The predicted octanol–water partition coefficient (Wildman–Crippen LogP) is 2.21. The highest BCUT2D eigenvalue weighted by atomic mass is 16.5. The summed E-state index contributed by atoms with van der Waals surface area (Å²) in [5, 5.41) is 11.1. The average Bonchev–Trinajstić information content (AvgIpc) is 2.83. The van der Waals surface area contributed by atoms with E-state index < -0.39 is 11.9 Å². The summed E-state index contributed by atoms with van der Waals surface area (Å²) in [5.41, 5.74) is 1.01. The second-order valence-corrected chi connectivity index (χ2v) is 4.80. The molecule has 0 aromatic heterocycles. The Morgan fingerprint density at radius 1 is 0.952 bits per heavy atom. The Morgan fingerprint density at radius 3 is 2.14 bits per heavy atom. The molecule has 0 unspecified atom stereocenters. The van der Waals surface area contributed by atoms with Crippen LogP contribution >= 0.6 is 0 Å². The molecule has 0 bridgehead atoms. The largest absolute Gasteiger partial charge is 0.288 e. The molecular formula is C16H14N2O3. The number of benzene rings is 2. The first-order chi connectivity index (χ1) is 10.2. The number of rotatable bonds is 3. The summed E-state index contributed by atoms with van der Waals surface area (Å²) < 4.78 is 0. The lowest BCUT2D eigenvalue weighted by molar-refractivity contribution is -0.121. The highest BCUT2D eigenvalue weighted by Crippen LogP contribution is 2.27. The van der Waals surface area contributed by atoms with Crippen LogP contribution in [-0.2, 0) is 9.59 Å². The number of carbonyl (C=O) groups is 2. The quantitative estimate of drug-likeness (QED) is 0.692. The van der Waals surface area contributed by atoms with Gasteiger partial charge in [0.2, 0.25) is 5.91 Å². The van der Waals surface area contributed by atoms with Crippen LogP contribution in [0.4, 0.5) is 11.4 Å². The fourth-order valence-electron chi connectivity index (χ4n) is 2.42. The van der Waals surface area contributed by atoms with E-state index >= 15 is 0 Å². The van der Waals surface area contributed by atoms with Crippen LogP contribution in [0.3, 0.4) is 0 Å². The number of carbonyl (C=O) groups excluding carboxylic acids is 2.